The van der Waals surface area contributed by atoms with Gasteiger partial charge in [0.15, 0.2) is 0 Å². The lowest BCUT2D eigenvalue weighted by Gasteiger charge is -2.58. The molecule has 2 saturated heterocycles. The number of ether oxygens (including phenoxy) is 2. The Morgan fingerprint density at radius 1 is 1.02 bits per heavy atom. The van der Waals surface area contributed by atoms with Crippen molar-refractivity contribution >= 4 is 57.6 Å². The number of nitro benzene ring substituents is 1. The fourth-order valence-electron chi connectivity index (χ4n) is 9.94. The maximum Gasteiger partial charge on any atom is 0.293 e. The van der Waals surface area contributed by atoms with E-state index in [1.165, 1.54) is 36.1 Å². The number of rotatable bonds is 13. The molecular weight excluding hydrogens is 848 g/mol. The van der Waals surface area contributed by atoms with Gasteiger partial charge < -0.3 is 25.1 Å². The van der Waals surface area contributed by atoms with Crippen molar-refractivity contribution in [3.05, 3.63) is 141 Å². The summed E-state index contributed by atoms with van der Waals surface area (Å²) in [5, 5.41) is 13.1. The molecule has 4 aromatic carbocycles. The van der Waals surface area contributed by atoms with Gasteiger partial charge in [0, 0.05) is 85.7 Å². The first-order chi connectivity index (χ1) is 31.0. The normalized spacial score (nSPS) is 18.0. The first-order valence-electron chi connectivity index (χ1n) is 21.9. The number of nitrogens with one attached hydrogen (secondary N) is 2. The number of methoxy groups -OCH3 is 1. The van der Waals surface area contributed by atoms with E-state index < -0.39 is 10.8 Å². The molecular formula is C49H53ClN8O5S. The third-order valence-electron chi connectivity index (χ3n) is 13.4. The fourth-order valence-corrected chi connectivity index (χ4v) is 10.8. The number of nitrogen functional groups attached to an aromatic ring is 1. The average Bonchev–Trinajstić information content (AvgIpc) is 3.77. The van der Waals surface area contributed by atoms with E-state index in [-0.39, 0.29) is 17.4 Å². The van der Waals surface area contributed by atoms with Gasteiger partial charge in [-0.15, -0.1) is 0 Å². The molecule has 1 amide bonds. The van der Waals surface area contributed by atoms with Crippen LogP contribution in [0.1, 0.15) is 78.5 Å². The molecule has 332 valence electrons. The van der Waals surface area contributed by atoms with Crippen LogP contribution in [-0.2, 0) is 6.54 Å². The molecule has 2 aromatic heterocycles. The summed E-state index contributed by atoms with van der Waals surface area (Å²) in [6, 6.07) is 29.8. The number of fused-ring (bicyclic) bond motifs is 1. The number of pyridine rings is 1. The molecule has 6 aromatic rings. The van der Waals surface area contributed by atoms with Gasteiger partial charge in [0.05, 0.1) is 28.8 Å². The Hall–Kier alpha value is -5.80. The highest BCUT2D eigenvalue weighted by atomic mass is 35.5. The molecule has 1 saturated carbocycles. The molecule has 9 rings (SSSR count). The van der Waals surface area contributed by atoms with Crippen molar-refractivity contribution < 1.29 is 19.2 Å². The Kier molecular flexibility index (Phi) is 12.5. The predicted molar refractivity (Wildman–Crippen MR) is 254 cm³/mol. The average molecular weight is 902 g/mol. The second-order valence-corrected chi connectivity index (χ2v) is 18.9. The number of amides is 1. The summed E-state index contributed by atoms with van der Waals surface area (Å²) in [6.45, 7) is 10.1. The molecule has 0 bridgehead atoms. The zero-order valence-corrected chi connectivity index (χ0v) is 37.8. The van der Waals surface area contributed by atoms with Crippen LogP contribution in [0.2, 0.25) is 5.02 Å². The first kappa shape index (κ1) is 43.5. The van der Waals surface area contributed by atoms with E-state index in [0.29, 0.717) is 50.1 Å². The highest BCUT2D eigenvalue weighted by Gasteiger charge is 2.50. The minimum absolute atomic E-state index is 0.0550. The summed E-state index contributed by atoms with van der Waals surface area (Å²) < 4.78 is 14.8. The van der Waals surface area contributed by atoms with E-state index in [2.05, 4.69) is 73.6 Å². The maximum atomic E-state index is 13.7. The SMILES string of the molecule is COc1cccc(CN2CCN(C3CC4(CCN(c5ccc(C(=O)NSc6ccc(N)c([N+](=O)[O-])c6)c(Oc6cnc7[nH]ccc7c6)c5)CC4)C3)C(c3ccccc3C(C)C)C2)c1Cl. The number of aromatic amines is 1. The number of H-pyrrole nitrogens is 1. The number of piperidine rings is 1. The van der Waals surface area contributed by atoms with E-state index in [1.807, 2.05) is 42.6 Å². The van der Waals surface area contributed by atoms with Crippen LogP contribution in [0, 0.1) is 15.5 Å². The molecule has 4 N–H and O–H groups in total. The van der Waals surface area contributed by atoms with Gasteiger partial charge in [0.25, 0.3) is 11.6 Å². The number of nitro groups is 1. The highest BCUT2D eigenvalue weighted by molar-refractivity contribution is 7.98. The summed E-state index contributed by atoms with van der Waals surface area (Å²) in [6.07, 6.45) is 7.98. The number of benzene rings is 4. The summed E-state index contributed by atoms with van der Waals surface area (Å²) in [5.41, 5.74) is 11.9. The fraction of sp³-hybridized carbons (Fsp3) is 0.347. The van der Waals surface area contributed by atoms with E-state index >= 15 is 0 Å². The molecule has 64 heavy (non-hydrogen) atoms. The lowest BCUT2D eigenvalue weighted by Crippen LogP contribution is -2.60. The van der Waals surface area contributed by atoms with Crippen molar-refractivity contribution in [2.75, 3.05) is 50.5 Å². The second kappa shape index (κ2) is 18.4. The van der Waals surface area contributed by atoms with Crippen molar-refractivity contribution in [3.63, 3.8) is 0 Å². The van der Waals surface area contributed by atoms with Crippen molar-refractivity contribution in [3.8, 4) is 17.2 Å². The molecule has 0 radical (unpaired) electrons. The number of nitrogens with zero attached hydrogens (tertiary/aromatic N) is 5. The maximum absolute atomic E-state index is 13.7. The third kappa shape index (κ3) is 8.97. The number of anilines is 2. The Morgan fingerprint density at radius 2 is 1.83 bits per heavy atom. The molecule has 2 aliphatic heterocycles. The van der Waals surface area contributed by atoms with E-state index in [1.54, 1.807) is 25.4 Å². The van der Waals surface area contributed by atoms with Gasteiger partial charge in [0.2, 0.25) is 0 Å². The van der Waals surface area contributed by atoms with Gasteiger partial charge >= 0.3 is 0 Å². The molecule has 3 fully saturated rings. The van der Waals surface area contributed by atoms with Crippen LogP contribution < -0.4 is 24.8 Å². The lowest BCUT2D eigenvalue weighted by molar-refractivity contribution is -0.384. The van der Waals surface area contributed by atoms with Crippen molar-refractivity contribution in [2.24, 2.45) is 5.41 Å². The van der Waals surface area contributed by atoms with Crippen molar-refractivity contribution in [2.45, 2.75) is 69.0 Å². The van der Waals surface area contributed by atoms with Gasteiger partial charge in [-0.3, -0.25) is 29.4 Å². The van der Waals surface area contributed by atoms with E-state index in [4.69, 9.17) is 26.8 Å². The van der Waals surface area contributed by atoms with Gasteiger partial charge in [-0.05, 0) is 108 Å². The number of aromatic nitrogens is 2. The minimum Gasteiger partial charge on any atom is -0.495 e. The van der Waals surface area contributed by atoms with Crippen LogP contribution in [-0.4, -0.2) is 76.5 Å². The number of nitrogens with two attached hydrogens (primary N) is 1. The Balaban J connectivity index is 0.894. The first-order valence-corrected chi connectivity index (χ1v) is 23.1. The monoisotopic (exact) mass is 900 g/mol. The van der Waals surface area contributed by atoms with Crippen molar-refractivity contribution in [1.82, 2.24) is 24.5 Å². The number of hydrogen-bond acceptors (Lipinski definition) is 11. The number of piperazine rings is 1. The summed E-state index contributed by atoms with van der Waals surface area (Å²) >= 11 is 7.78. The minimum atomic E-state index is -0.541. The zero-order valence-electron chi connectivity index (χ0n) is 36.3. The van der Waals surface area contributed by atoms with Crippen LogP contribution in [0.5, 0.6) is 17.2 Å². The van der Waals surface area contributed by atoms with Gasteiger partial charge in [0.1, 0.15) is 28.6 Å². The standard InChI is InChI=1S/C49H53ClN8O5S/c1-31(2)38-8-4-5-9-39(38)43-30-55(29-33-7-6-10-44(62-3)46(33)50)21-22-57(43)35-26-49(27-35)16-19-56(20-17-49)34-11-13-40(45(24-34)63-36-23-32-15-18-52-47(32)53-28-36)48(59)54-64-37-12-14-41(51)42(25-37)58(60)61/h4-15,18,23-25,28,31,35,43H,16-17,19-22,26-27,29-30,51H2,1-3H3,(H,52,53)(H,54,59). The Morgan fingerprint density at radius 3 is 2.61 bits per heavy atom. The predicted octanol–water partition coefficient (Wildman–Crippen LogP) is 10.4. The van der Waals surface area contributed by atoms with Gasteiger partial charge in [-0.2, -0.15) is 0 Å². The molecule has 1 spiro atoms. The van der Waals surface area contributed by atoms with Gasteiger partial charge in [-0.25, -0.2) is 4.98 Å². The smallest absolute Gasteiger partial charge is 0.293 e. The summed E-state index contributed by atoms with van der Waals surface area (Å²) in [5.74, 6) is 1.62. The van der Waals surface area contributed by atoms with E-state index in [9.17, 15) is 14.9 Å². The molecule has 1 unspecified atom stereocenters. The molecule has 1 aliphatic carbocycles. The van der Waals surface area contributed by atoms with Crippen LogP contribution in [0.15, 0.2) is 108 Å². The van der Waals surface area contributed by atoms with Crippen LogP contribution >= 0.6 is 23.5 Å². The zero-order chi connectivity index (χ0) is 44.5. The third-order valence-corrected chi connectivity index (χ3v) is 14.6. The molecule has 1 atom stereocenters. The molecule has 13 nitrogen and oxygen atoms in total. The number of carbonyl (C=O) groups excluding carboxylic acids is 1. The molecule has 3 aliphatic rings. The summed E-state index contributed by atoms with van der Waals surface area (Å²) in [7, 11) is 1.67. The quantitative estimate of drug-likeness (QED) is 0.0439. The second-order valence-electron chi connectivity index (χ2n) is 17.6. The van der Waals surface area contributed by atoms with Crippen LogP contribution in [0.4, 0.5) is 17.1 Å². The molecule has 4 heterocycles. The Labute approximate surface area is 382 Å². The number of halogens is 1. The molecule has 15 heteroatoms. The summed E-state index contributed by atoms with van der Waals surface area (Å²) in [4.78, 5) is 40.5. The largest absolute Gasteiger partial charge is 0.495 e. The van der Waals surface area contributed by atoms with E-state index in [0.717, 1.165) is 86.3 Å². The van der Waals surface area contributed by atoms with Crippen LogP contribution in [0.25, 0.3) is 11.0 Å². The number of hydrogen-bond donors (Lipinski definition) is 3. The van der Waals surface area contributed by atoms with Crippen molar-refractivity contribution in [1.29, 1.82) is 0 Å². The van der Waals surface area contributed by atoms with Crippen LogP contribution in [0.3, 0.4) is 0 Å². The topological polar surface area (TPSA) is 155 Å². The highest BCUT2D eigenvalue weighted by Crippen LogP contribution is 2.53. The number of carbonyl (C=O) groups is 1. The van der Waals surface area contributed by atoms with Gasteiger partial charge in [-0.1, -0.05) is 61.8 Å². The Bertz CT molecular complexity index is 2680. The lowest BCUT2D eigenvalue weighted by atomic mass is 9.59.